The van der Waals surface area contributed by atoms with Crippen LogP contribution in [0.3, 0.4) is 0 Å². The summed E-state index contributed by atoms with van der Waals surface area (Å²) in [6.45, 7) is 0. The van der Waals surface area contributed by atoms with Gasteiger partial charge in [-0.3, -0.25) is 14.9 Å². The van der Waals surface area contributed by atoms with Gasteiger partial charge in [-0.05, 0) is 29.8 Å². The molecule has 0 bridgehead atoms. The summed E-state index contributed by atoms with van der Waals surface area (Å²) in [5, 5.41) is 10.7. The van der Waals surface area contributed by atoms with E-state index in [0.717, 1.165) is 16.1 Å². The molecule has 1 aliphatic rings. The molecule has 3 aromatic carbocycles. The van der Waals surface area contributed by atoms with Gasteiger partial charge < -0.3 is 4.90 Å². The molecule has 1 amide bonds. The van der Waals surface area contributed by atoms with E-state index in [-0.39, 0.29) is 22.9 Å². The molecule has 1 heterocycles. The number of amides is 1. The Hall–Kier alpha value is -3.12. The number of carbonyl (C=O) groups excluding carboxylic acids is 1. The Kier molecular flexibility index (Phi) is 4.64. The highest BCUT2D eigenvalue weighted by Crippen LogP contribution is 2.47. The molecule has 6 heteroatoms. The lowest BCUT2D eigenvalue weighted by Crippen LogP contribution is -2.57. The number of thioether (sulfide) groups is 1. The van der Waals surface area contributed by atoms with Crippen molar-refractivity contribution in [3.63, 3.8) is 0 Å². The van der Waals surface area contributed by atoms with Crippen LogP contribution in [0.4, 0.5) is 11.4 Å². The third-order valence-electron chi connectivity index (χ3n) is 4.53. The highest BCUT2D eigenvalue weighted by Gasteiger charge is 2.49. The van der Waals surface area contributed by atoms with Crippen molar-refractivity contribution in [3.8, 4) is 0 Å². The van der Waals surface area contributed by atoms with E-state index in [1.54, 1.807) is 17.0 Å². The first kappa shape index (κ1) is 17.3. The van der Waals surface area contributed by atoms with Gasteiger partial charge in [0, 0.05) is 22.7 Å². The Labute approximate surface area is 160 Å². The summed E-state index contributed by atoms with van der Waals surface area (Å²) in [7, 11) is 0. The largest absolute Gasteiger partial charge is 0.302 e. The van der Waals surface area contributed by atoms with Crippen molar-refractivity contribution in [1.82, 2.24) is 0 Å². The van der Waals surface area contributed by atoms with Crippen molar-refractivity contribution in [2.24, 2.45) is 0 Å². The molecule has 1 fully saturated rings. The van der Waals surface area contributed by atoms with Crippen molar-refractivity contribution in [1.29, 1.82) is 0 Å². The zero-order valence-electron chi connectivity index (χ0n) is 14.3. The molecular formula is C21H16N2O3S. The van der Waals surface area contributed by atoms with E-state index in [4.69, 9.17) is 0 Å². The Morgan fingerprint density at radius 2 is 1.44 bits per heavy atom. The molecule has 0 radical (unpaired) electrons. The van der Waals surface area contributed by atoms with Crippen molar-refractivity contribution in [2.45, 2.75) is 16.2 Å². The number of anilines is 1. The van der Waals surface area contributed by atoms with Crippen molar-refractivity contribution >= 4 is 29.0 Å². The lowest BCUT2D eigenvalue weighted by molar-refractivity contribution is -0.384. The highest BCUT2D eigenvalue weighted by molar-refractivity contribution is 8.00. The Morgan fingerprint density at radius 1 is 0.852 bits per heavy atom. The van der Waals surface area contributed by atoms with E-state index < -0.39 is 4.92 Å². The number of carbonyl (C=O) groups is 1. The average Bonchev–Trinajstić information content (AvgIpc) is 2.71. The third kappa shape index (κ3) is 3.31. The molecule has 2 atom stereocenters. The van der Waals surface area contributed by atoms with Crippen LogP contribution >= 0.6 is 11.8 Å². The fraction of sp³-hybridized carbons (Fsp3) is 0.0952. The normalized spacial score (nSPS) is 18.8. The zero-order chi connectivity index (χ0) is 18.8. The fourth-order valence-electron chi connectivity index (χ4n) is 3.22. The number of benzene rings is 3. The highest BCUT2D eigenvalue weighted by atomic mass is 32.2. The van der Waals surface area contributed by atoms with Crippen LogP contribution in [-0.4, -0.2) is 16.1 Å². The molecule has 0 spiro atoms. The minimum absolute atomic E-state index is 0.0402. The Balaban J connectivity index is 1.68. The molecule has 1 saturated heterocycles. The minimum atomic E-state index is -0.416. The molecule has 0 aromatic heterocycles. The lowest BCUT2D eigenvalue weighted by atomic mass is 9.92. The van der Waals surface area contributed by atoms with Crippen LogP contribution in [0.15, 0.2) is 89.8 Å². The summed E-state index contributed by atoms with van der Waals surface area (Å²) in [6.07, 6.45) is 0. The summed E-state index contributed by atoms with van der Waals surface area (Å²) >= 11 is 1.53. The monoisotopic (exact) mass is 376 g/mol. The van der Waals surface area contributed by atoms with E-state index in [0.29, 0.717) is 0 Å². The predicted octanol–water partition coefficient (Wildman–Crippen LogP) is 4.84. The van der Waals surface area contributed by atoms with Crippen molar-refractivity contribution in [2.75, 3.05) is 4.90 Å². The fourth-order valence-corrected chi connectivity index (χ4v) is 4.45. The molecule has 134 valence electrons. The molecule has 27 heavy (non-hydrogen) atoms. The maximum absolute atomic E-state index is 12.9. The standard InChI is InChI=1S/C21H16N2O3S/c24-21-20(27-18-9-5-2-6-10-18)19(22(21)16-7-3-1-4-8-16)15-11-13-17(14-12-15)23(25)26/h1-14,19-20H/t19-,20-/m1/s1. The average molecular weight is 376 g/mol. The molecule has 4 rings (SSSR count). The minimum Gasteiger partial charge on any atom is -0.302 e. The lowest BCUT2D eigenvalue weighted by Gasteiger charge is -2.47. The van der Waals surface area contributed by atoms with Gasteiger partial charge in [0.1, 0.15) is 5.25 Å². The smallest absolute Gasteiger partial charge is 0.269 e. The molecular weight excluding hydrogens is 360 g/mol. The van der Waals surface area contributed by atoms with Gasteiger partial charge in [0.05, 0.1) is 11.0 Å². The van der Waals surface area contributed by atoms with Crippen molar-refractivity contribution < 1.29 is 9.72 Å². The summed E-state index contributed by atoms with van der Waals surface area (Å²) in [5.41, 5.74) is 1.76. The van der Waals surface area contributed by atoms with Gasteiger partial charge in [-0.2, -0.15) is 0 Å². The summed E-state index contributed by atoms with van der Waals surface area (Å²) in [4.78, 5) is 26.2. The Bertz CT molecular complexity index is 962. The maximum atomic E-state index is 12.9. The van der Waals surface area contributed by atoms with Gasteiger partial charge in [0.15, 0.2) is 0 Å². The number of nitro groups is 1. The molecule has 0 aliphatic carbocycles. The molecule has 0 N–H and O–H groups in total. The number of para-hydroxylation sites is 1. The van der Waals surface area contributed by atoms with E-state index in [2.05, 4.69) is 0 Å². The second kappa shape index (κ2) is 7.25. The number of nitrogens with zero attached hydrogens (tertiary/aromatic N) is 2. The van der Waals surface area contributed by atoms with E-state index in [9.17, 15) is 14.9 Å². The summed E-state index contributed by atoms with van der Waals surface area (Å²) < 4.78 is 0. The summed E-state index contributed by atoms with van der Waals surface area (Å²) in [5.74, 6) is 0.0402. The molecule has 5 nitrogen and oxygen atoms in total. The van der Waals surface area contributed by atoms with Gasteiger partial charge in [0.2, 0.25) is 5.91 Å². The molecule has 1 aliphatic heterocycles. The van der Waals surface area contributed by atoms with Crippen LogP contribution in [-0.2, 0) is 4.79 Å². The Morgan fingerprint density at radius 3 is 2.04 bits per heavy atom. The SMILES string of the molecule is O=C1[C@H](Sc2ccccc2)[C@@H](c2ccc([N+](=O)[O-])cc2)N1c1ccccc1. The first-order chi connectivity index (χ1) is 13.1. The van der Waals surface area contributed by atoms with Crippen LogP contribution in [0, 0.1) is 10.1 Å². The number of nitro benzene ring substituents is 1. The zero-order valence-corrected chi connectivity index (χ0v) is 15.1. The molecule has 0 saturated carbocycles. The third-order valence-corrected chi connectivity index (χ3v) is 5.79. The second-order valence-corrected chi connectivity index (χ2v) is 7.40. The number of non-ortho nitro benzene ring substituents is 1. The van der Waals surface area contributed by atoms with Crippen LogP contribution in [0.1, 0.15) is 11.6 Å². The number of rotatable bonds is 5. The number of β-lactam (4-membered cyclic amide) rings is 1. The van der Waals surface area contributed by atoms with Gasteiger partial charge in [-0.1, -0.05) is 48.5 Å². The van der Waals surface area contributed by atoms with Crippen LogP contribution in [0.25, 0.3) is 0 Å². The predicted molar refractivity (Wildman–Crippen MR) is 106 cm³/mol. The van der Waals surface area contributed by atoms with Crippen molar-refractivity contribution in [3.05, 3.63) is 101 Å². The first-order valence-corrected chi connectivity index (χ1v) is 9.37. The van der Waals surface area contributed by atoms with Crippen LogP contribution in [0.2, 0.25) is 0 Å². The topological polar surface area (TPSA) is 63.4 Å². The number of hydrogen-bond acceptors (Lipinski definition) is 4. The maximum Gasteiger partial charge on any atom is 0.269 e. The molecule has 3 aromatic rings. The van der Waals surface area contributed by atoms with E-state index >= 15 is 0 Å². The first-order valence-electron chi connectivity index (χ1n) is 8.49. The summed E-state index contributed by atoms with van der Waals surface area (Å²) in [6, 6.07) is 25.6. The second-order valence-electron chi connectivity index (χ2n) is 6.19. The van der Waals surface area contributed by atoms with E-state index in [1.165, 1.54) is 23.9 Å². The molecule has 0 unspecified atom stereocenters. The quantitative estimate of drug-likeness (QED) is 0.363. The van der Waals surface area contributed by atoms with Gasteiger partial charge in [-0.15, -0.1) is 11.8 Å². The van der Waals surface area contributed by atoms with Gasteiger partial charge >= 0.3 is 0 Å². The van der Waals surface area contributed by atoms with Crippen LogP contribution in [0.5, 0.6) is 0 Å². The van der Waals surface area contributed by atoms with Gasteiger partial charge in [-0.25, -0.2) is 0 Å². The van der Waals surface area contributed by atoms with Gasteiger partial charge in [0.25, 0.3) is 5.69 Å². The van der Waals surface area contributed by atoms with E-state index in [1.807, 2.05) is 60.7 Å². The number of hydrogen-bond donors (Lipinski definition) is 0. The van der Waals surface area contributed by atoms with Crippen LogP contribution < -0.4 is 4.90 Å².